The Bertz CT molecular complexity index is 314. The van der Waals surface area contributed by atoms with Crippen molar-refractivity contribution in [2.45, 2.75) is 40.7 Å². The van der Waals surface area contributed by atoms with Gasteiger partial charge < -0.3 is 10.1 Å². The summed E-state index contributed by atoms with van der Waals surface area (Å²) < 4.78 is 5.64. The first kappa shape index (κ1) is 14.0. The summed E-state index contributed by atoms with van der Waals surface area (Å²) in [7, 11) is 0. The zero-order chi connectivity index (χ0) is 12.7. The molecule has 0 aliphatic carbocycles. The third-order valence-corrected chi connectivity index (χ3v) is 2.45. The Labute approximate surface area is 105 Å². The average Bonchev–Trinajstić information content (AvgIpc) is 2.26. The van der Waals surface area contributed by atoms with Gasteiger partial charge >= 0.3 is 0 Å². The predicted octanol–water partition coefficient (Wildman–Crippen LogP) is 3.47. The van der Waals surface area contributed by atoms with Crippen LogP contribution in [0, 0.1) is 5.41 Å². The van der Waals surface area contributed by atoms with Gasteiger partial charge in [-0.2, -0.15) is 0 Å². The van der Waals surface area contributed by atoms with Gasteiger partial charge in [0.1, 0.15) is 5.82 Å². The lowest BCUT2D eigenvalue weighted by molar-refractivity contribution is 0.0961. The van der Waals surface area contributed by atoms with E-state index >= 15 is 0 Å². The van der Waals surface area contributed by atoms with Gasteiger partial charge in [-0.25, -0.2) is 4.98 Å². The highest BCUT2D eigenvalue weighted by atomic mass is 16.5. The van der Waals surface area contributed by atoms with Crippen molar-refractivity contribution in [3.8, 4) is 0 Å². The number of ether oxygens (including phenoxy) is 1. The van der Waals surface area contributed by atoms with Crippen molar-refractivity contribution < 1.29 is 4.74 Å². The fourth-order valence-corrected chi connectivity index (χ4v) is 1.36. The van der Waals surface area contributed by atoms with E-state index in [2.05, 4.69) is 44.1 Å². The molecule has 3 heteroatoms. The number of nitrogens with zero attached hydrogens (tertiary/aromatic N) is 1. The van der Waals surface area contributed by atoms with Crippen LogP contribution in [0.3, 0.4) is 0 Å². The van der Waals surface area contributed by atoms with E-state index in [0.29, 0.717) is 12.0 Å². The number of hydrogen-bond donors (Lipinski definition) is 1. The van der Waals surface area contributed by atoms with Gasteiger partial charge in [0, 0.05) is 19.3 Å². The van der Waals surface area contributed by atoms with Gasteiger partial charge in [-0.05, 0) is 30.4 Å². The van der Waals surface area contributed by atoms with Crippen LogP contribution in [0.5, 0.6) is 0 Å². The summed E-state index contributed by atoms with van der Waals surface area (Å²) in [4.78, 5) is 4.30. The molecule has 1 aromatic heterocycles. The molecule has 0 unspecified atom stereocenters. The Balaban J connectivity index is 2.27. The zero-order valence-electron chi connectivity index (χ0n) is 11.4. The lowest BCUT2D eigenvalue weighted by Gasteiger charge is -2.17. The Kier molecular flexibility index (Phi) is 5.42. The fourth-order valence-electron chi connectivity index (χ4n) is 1.36. The van der Waals surface area contributed by atoms with Crippen LogP contribution in [0.2, 0.25) is 0 Å². The van der Waals surface area contributed by atoms with Gasteiger partial charge in [0.2, 0.25) is 0 Å². The maximum absolute atomic E-state index is 5.64. The second kappa shape index (κ2) is 6.60. The minimum absolute atomic E-state index is 0.340. The summed E-state index contributed by atoms with van der Waals surface area (Å²) in [6.45, 7) is 11.1. The van der Waals surface area contributed by atoms with E-state index in [0.717, 1.165) is 31.0 Å². The van der Waals surface area contributed by atoms with Crippen LogP contribution >= 0.6 is 0 Å². The molecule has 1 aromatic rings. The number of nitrogens with one attached hydrogen (secondary N) is 1. The Morgan fingerprint density at radius 2 is 2.06 bits per heavy atom. The SMILES string of the molecule is CCNc1ccc(COCCC(C)(C)C)cn1. The van der Waals surface area contributed by atoms with E-state index in [4.69, 9.17) is 4.74 Å². The molecular weight excluding hydrogens is 212 g/mol. The molecule has 96 valence electrons. The van der Waals surface area contributed by atoms with Crippen molar-refractivity contribution in [3.63, 3.8) is 0 Å². The molecule has 0 aliphatic rings. The number of pyridine rings is 1. The maximum atomic E-state index is 5.64. The van der Waals surface area contributed by atoms with E-state index in [1.807, 2.05) is 12.3 Å². The van der Waals surface area contributed by atoms with E-state index in [9.17, 15) is 0 Å². The fraction of sp³-hybridized carbons (Fsp3) is 0.643. The number of aromatic nitrogens is 1. The van der Waals surface area contributed by atoms with Crippen molar-refractivity contribution in [1.82, 2.24) is 4.98 Å². The lowest BCUT2D eigenvalue weighted by atomic mass is 9.93. The first-order chi connectivity index (χ1) is 8.01. The molecule has 0 saturated carbocycles. The highest BCUT2D eigenvalue weighted by Crippen LogP contribution is 2.18. The molecule has 1 rings (SSSR count). The maximum Gasteiger partial charge on any atom is 0.125 e. The topological polar surface area (TPSA) is 34.1 Å². The van der Waals surface area contributed by atoms with Gasteiger partial charge in [0.25, 0.3) is 0 Å². The molecule has 0 bridgehead atoms. The molecule has 0 aliphatic heterocycles. The molecule has 0 fully saturated rings. The molecule has 1 heterocycles. The summed E-state index contributed by atoms with van der Waals surface area (Å²) in [6, 6.07) is 4.05. The molecule has 0 radical (unpaired) electrons. The Morgan fingerprint density at radius 3 is 2.59 bits per heavy atom. The first-order valence-electron chi connectivity index (χ1n) is 6.28. The van der Waals surface area contributed by atoms with E-state index in [-0.39, 0.29) is 0 Å². The van der Waals surface area contributed by atoms with Crippen molar-refractivity contribution in [2.75, 3.05) is 18.5 Å². The van der Waals surface area contributed by atoms with Gasteiger partial charge in [-0.1, -0.05) is 26.8 Å². The second-order valence-electron chi connectivity index (χ2n) is 5.45. The second-order valence-corrected chi connectivity index (χ2v) is 5.45. The molecule has 0 saturated heterocycles. The van der Waals surface area contributed by atoms with E-state index < -0.39 is 0 Å². The molecule has 0 amide bonds. The van der Waals surface area contributed by atoms with Crippen molar-refractivity contribution >= 4 is 5.82 Å². The van der Waals surface area contributed by atoms with Crippen LogP contribution in [-0.2, 0) is 11.3 Å². The number of anilines is 1. The molecule has 0 spiro atoms. The van der Waals surface area contributed by atoms with Gasteiger partial charge in [-0.3, -0.25) is 0 Å². The minimum Gasteiger partial charge on any atom is -0.377 e. The van der Waals surface area contributed by atoms with Crippen molar-refractivity contribution in [1.29, 1.82) is 0 Å². The van der Waals surface area contributed by atoms with Crippen molar-refractivity contribution in [3.05, 3.63) is 23.9 Å². The number of rotatable bonds is 6. The molecule has 1 N–H and O–H groups in total. The molecule has 0 aromatic carbocycles. The molecule has 17 heavy (non-hydrogen) atoms. The third-order valence-electron chi connectivity index (χ3n) is 2.45. The molecule has 0 atom stereocenters. The smallest absolute Gasteiger partial charge is 0.125 e. The van der Waals surface area contributed by atoms with Crippen LogP contribution in [-0.4, -0.2) is 18.1 Å². The monoisotopic (exact) mass is 236 g/mol. The Hall–Kier alpha value is -1.09. The van der Waals surface area contributed by atoms with E-state index in [1.54, 1.807) is 0 Å². The summed E-state index contributed by atoms with van der Waals surface area (Å²) in [5.74, 6) is 0.922. The van der Waals surface area contributed by atoms with Crippen LogP contribution < -0.4 is 5.32 Å². The first-order valence-corrected chi connectivity index (χ1v) is 6.28. The van der Waals surface area contributed by atoms with Gasteiger partial charge in [0.15, 0.2) is 0 Å². The third kappa shape index (κ3) is 6.27. The van der Waals surface area contributed by atoms with Crippen molar-refractivity contribution in [2.24, 2.45) is 5.41 Å². The van der Waals surface area contributed by atoms with Gasteiger partial charge in [0.05, 0.1) is 6.61 Å². The lowest BCUT2D eigenvalue weighted by Crippen LogP contribution is -2.09. The van der Waals surface area contributed by atoms with Crippen LogP contribution in [0.25, 0.3) is 0 Å². The van der Waals surface area contributed by atoms with Crippen LogP contribution in [0.15, 0.2) is 18.3 Å². The summed E-state index contributed by atoms with van der Waals surface area (Å²) in [5, 5.41) is 3.17. The zero-order valence-corrected chi connectivity index (χ0v) is 11.4. The number of hydrogen-bond acceptors (Lipinski definition) is 3. The summed E-state index contributed by atoms with van der Waals surface area (Å²) >= 11 is 0. The largest absolute Gasteiger partial charge is 0.377 e. The van der Waals surface area contributed by atoms with Gasteiger partial charge in [-0.15, -0.1) is 0 Å². The van der Waals surface area contributed by atoms with E-state index in [1.165, 1.54) is 0 Å². The molecule has 3 nitrogen and oxygen atoms in total. The Morgan fingerprint density at radius 1 is 1.29 bits per heavy atom. The highest BCUT2D eigenvalue weighted by molar-refractivity contribution is 5.34. The predicted molar refractivity (Wildman–Crippen MR) is 72.1 cm³/mol. The highest BCUT2D eigenvalue weighted by Gasteiger charge is 2.09. The standard InChI is InChI=1S/C14H24N2O/c1-5-15-13-7-6-12(10-16-13)11-17-9-8-14(2,3)4/h6-7,10H,5,8-9,11H2,1-4H3,(H,15,16). The quantitative estimate of drug-likeness (QED) is 0.768. The minimum atomic E-state index is 0.340. The van der Waals surface area contributed by atoms with Crippen LogP contribution in [0.4, 0.5) is 5.82 Å². The normalized spacial score (nSPS) is 11.5. The summed E-state index contributed by atoms with van der Waals surface area (Å²) in [6.07, 6.45) is 2.95. The average molecular weight is 236 g/mol. The van der Waals surface area contributed by atoms with Crippen LogP contribution in [0.1, 0.15) is 39.7 Å². The summed E-state index contributed by atoms with van der Waals surface area (Å²) in [5.41, 5.74) is 1.47. The molecular formula is C14H24N2O.